The van der Waals surface area contributed by atoms with Crippen molar-refractivity contribution >= 4 is 28.9 Å². The zero-order valence-corrected chi connectivity index (χ0v) is 13.5. The normalized spacial score (nSPS) is 10.9. The van der Waals surface area contributed by atoms with Crippen LogP contribution in [-0.4, -0.2) is 26.7 Å². The Hall–Kier alpha value is -3.30. The van der Waals surface area contributed by atoms with E-state index in [2.05, 4.69) is 0 Å². The maximum absolute atomic E-state index is 12.1. The molecule has 0 atom stereocenters. The zero-order valence-electron chi connectivity index (χ0n) is 13.5. The number of allylic oxidation sites excluding steroid dienone is 2. The van der Waals surface area contributed by atoms with E-state index in [9.17, 15) is 29.8 Å². The van der Waals surface area contributed by atoms with Crippen LogP contribution in [0.15, 0.2) is 30.0 Å². The summed E-state index contributed by atoms with van der Waals surface area (Å²) < 4.78 is 0. The highest BCUT2D eigenvalue weighted by atomic mass is 16.6. The van der Waals surface area contributed by atoms with Gasteiger partial charge in [0.1, 0.15) is 5.69 Å². The van der Waals surface area contributed by atoms with Crippen LogP contribution in [-0.2, 0) is 9.59 Å². The third-order valence-corrected chi connectivity index (χ3v) is 3.14. The standard InChI is InChI=1S/C14H16N4O6/c1-5-9(2)15(10(3)19)16(11(4)20)13-7-6-12(17(21)22)8-14(13)18(23)24/h5-8H,1-4H3. The molecule has 24 heavy (non-hydrogen) atoms. The van der Waals surface area contributed by atoms with Crippen LogP contribution in [0.2, 0.25) is 0 Å². The average Bonchev–Trinajstić information content (AvgIpc) is 2.50. The van der Waals surface area contributed by atoms with Gasteiger partial charge in [0.25, 0.3) is 5.69 Å². The molecule has 10 nitrogen and oxygen atoms in total. The van der Waals surface area contributed by atoms with Crippen LogP contribution in [0.25, 0.3) is 0 Å². The summed E-state index contributed by atoms with van der Waals surface area (Å²) in [5.41, 5.74) is -1.03. The predicted octanol–water partition coefficient (Wildman–Crippen LogP) is 2.54. The Morgan fingerprint density at radius 2 is 1.62 bits per heavy atom. The Labute approximate surface area is 137 Å². The Morgan fingerprint density at radius 1 is 1.04 bits per heavy atom. The molecule has 128 valence electrons. The van der Waals surface area contributed by atoms with E-state index in [-0.39, 0.29) is 5.69 Å². The van der Waals surface area contributed by atoms with Gasteiger partial charge in [0.2, 0.25) is 11.8 Å². The number of hydrazine groups is 1. The van der Waals surface area contributed by atoms with Gasteiger partial charge in [0, 0.05) is 25.6 Å². The van der Waals surface area contributed by atoms with E-state index in [1.807, 2.05) is 0 Å². The summed E-state index contributed by atoms with van der Waals surface area (Å²) in [6, 6.07) is 2.84. The Morgan fingerprint density at radius 3 is 2.00 bits per heavy atom. The molecule has 1 rings (SSSR count). The molecule has 0 saturated heterocycles. The number of rotatable bonds is 4. The second kappa shape index (κ2) is 7.31. The van der Waals surface area contributed by atoms with Crippen molar-refractivity contribution in [3.8, 4) is 0 Å². The molecular weight excluding hydrogens is 320 g/mol. The summed E-state index contributed by atoms with van der Waals surface area (Å²) in [4.78, 5) is 44.5. The summed E-state index contributed by atoms with van der Waals surface area (Å²) >= 11 is 0. The largest absolute Gasteiger partial charge is 0.301 e. The third kappa shape index (κ3) is 3.72. The first-order chi connectivity index (χ1) is 11.1. The molecule has 0 aliphatic rings. The first-order valence-electron chi connectivity index (χ1n) is 6.78. The number of benzene rings is 1. The van der Waals surface area contributed by atoms with E-state index in [4.69, 9.17) is 0 Å². The third-order valence-electron chi connectivity index (χ3n) is 3.14. The zero-order chi connectivity index (χ0) is 18.6. The maximum Gasteiger partial charge on any atom is 0.301 e. The number of nitro benzene ring substituents is 2. The average molecular weight is 336 g/mol. The van der Waals surface area contributed by atoms with E-state index in [0.29, 0.717) is 5.70 Å². The lowest BCUT2D eigenvalue weighted by atomic mass is 10.2. The smallest absolute Gasteiger partial charge is 0.273 e. The molecule has 0 aliphatic carbocycles. The lowest BCUT2D eigenvalue weighted by molar-refractivity contribution is -0.393. The SMILES string of the molecule is CC=C(C)N(C(C)=O)N(C(C)=O)c1ccc([N+](=O)[O-])cc1[N+](=O)[O-]. The van der Waals surface area contributed by atoms with E-state index in [1.54, 1.807) is 19.9 Å². The number of hydrogen-bond acceptors (Lipinski definition) is 6. The topological polar surface area (TPSA) is 127 Å². The minimum Gasteiger partial charge on any atom is -0.273 e. The molecule has 0 aromatic heterocycles. The van der Waals surface area contributed by atoms with E-state index in [0.717, 1.165) is 35.1 Å². The molecule has 10 heteroatoms. The summed E-state index contributed by atoms with van der Waals surface area (Å²) in [6.07, 6.45) is 1.55. The van der Waals surface area contributed by atoms with Crippen LogP contribution in [0.3, 0.4) is 0 Å². The number of anilines is 1. The van der Waals surface area contributed by atoms with Gasteiger partial charge in [-0.3, -0.25) is 29.8 Å². The quantitative estimate of drug-likeness (QED) is 0.614. The Kier molecular flexibility index (Phi) is 5.71. The van der Waals surface area contributed by atoms with E-state index >= 15 is 0 Å². The molecule has 1 aromatic carbocycles. The molecular formula is C14H16N4O6. The van der Waals surface area contributed by atoms with Crippen molar-refractivity contribution in [1.82, 2.24) is 5.01 Å². The number of nitro groups is 2. The van der Waals surface area contributed by atoms with Gasteiger partial charge in [-0.15, -0.1) is 0 Å². The fraction of sp³-hybridized carbons (Fsp3) is 0.286. The van der Waals surface area contributed by atoms with Gasteiger partial charge in [0.15, 0.2) is 0 Å². The Balaban J connectivity index is 3.67. The van der Waals surface area contributed by atoms with Gasteiger partial charge in [-0.2, -0.15) is 0 Å². The summed E-state index contributed by atoms with van der Waals surface area (Å²) in [5, 5.41) is 23.9. The molecule has 0 bridgehead atoms. The van der Waals surface area contributed by atoms with Gasteiger partial charge >= 0.3 is 5.69 Å². The first-order valence-corrected chi connectivity index (χ1v) is 6.78. The van der Waals surface area contributed by atoms with Gasteiger partial charge in [-0.25, -0.2) is 10.0 Å². The van der Waals surface area contributed by atoms with Crippen molar-refractivity contribution < 1.29 is 19.4 Å². The number of carbonyl (C=O) groups is 2. The molecule has 1 aromatic rings. The first kappa shape index (κ1) is 18.7. The highest BCUT2D eigenvalue weighted by Crippen LogP contribution is 2.34. The molecule has 0 radical (unpaired) electrons. The van der Waals surface area contributed by atoms with Crippen LogP contribution in [0.4, 0.5) is 17.1 Å². The van der Waals surface area contributed by atoms with E-state index in [1.165, 1.54) is 6.92 Å². The van der Waals surface area contributed by atoms with Gasteiger partial charge in [-0.05, 0) is 19.9 Å². The summed E-state index contributed by atoms with van der Waals surface area (Å²) in [7, 11) is 0. The monoisotopic (exact) mass is 336 g/mol. The molecule has 0 fully saturated rings. The van der Waals surface area contributed by atoms with Crippen molar-refractivity contribution in [3.63, 3.8) is 0 Å². The maximum atomic E-state index is 12.1. The van der Waals surface area contributed by atoms with Crippen molar-refractivity contribution in [2.24, 2.45) is 0 Å². The molecule has 0 unspecified atom stereocenters. The molecule has 0 saturated carbocycles. The van der Waals surface area contributed by atoms with Crippen LogP contribution >= 0.6 is 0 Å². The van der Waals surface area contributed by atoms with Crippen LogP contribution in [0.1, 0.15) is 27.7 Å². The molecule has 2 amide bonds. The summed E-state index contributed by atoms with van der Waals surface area (Å²) in [5.74, 6) is -1.21. The second-order valence-electron chi connectivity index (χ2n) is 4.78. The lowest BCUT2D eigenvalue weighted by Gasteiger charge is -2.33. The minimum absolute atomic E-state index is 0.241. The number of carbonyl (C=O) groups excluding carboxylic acids is 2. The minimum atomic E-state index is -0.846. The fourth-order valence-corrected chi connectivity index (χ4v) is 2.04. The van der Waals surface area contributed by atoms with Gasteiger partial charge < -0.3 is 0 Å². The van der Waals surface area contributed by atoms with Crippen LogP contribution in [0, 0.1) is 20.2 Å². The predicted molar refractivity (Wildman–Crippen MR) is 84.9 cm³/mol. The van der Waals surface area contributed by atoms with Crippen LogP contribution in [0.5, 0.6) is 0 Å². The summed E-state index contributed by atoms with van der Waals surface area (Å²) in [6.45, 7) is 5.51. The van der Waals surface area contributed by atoms with Gasteiger partial charge in [0.05, 0.1) is 15.9 Å². The lowest BCUT2D eigenvalue weighted by Crippen LogP contribution is -2.47. The van der Waals surface area contributed by atoms with Crippen molar-refractivity contribution in [2.45, 2.75) is 27.7 Å². The highest BCUT2D eigenvalue weighted by Gasteiger charge is 2.31. The molecule has 0 spiro atoms. The second-order valence-corrected chi connectivity index (χ2v) is 4.78. The van der Waals surface area contributed by atoms with Crippen molar-refractivity contribution in [1.29, 1.82) is 0 Å². The van der Waals surface area contributed by atoms with Crippen LogP contribution < -0.4 is 5.01 Å². The number of non-ortho nitro benzene ring substituents is 1. The number of amides is 2. The molecule has 0 N–H and O–H groups in total. The fourth-order valence-electron chi connectivity index (χ4n) is 2.04. The number of nitrogens with zero attached hydrogens (tertiary/aromatic N) is 4. The van der Waals surface area contributed by atoms with E-state index < -0.39 is 33.0 Å². The Bertz CT molecular complexity index is 743. The van der Waals surface area contributed by atoms with Crippen molar-refractivity contribution in [3.05, 3.63) is 50.2 Å². The highest BCUT2D eigenvalue weighted by molar-refractivity contribution is 5.97. The van der Waals surface area contributed by atoms with Crippen molar-refractivity contribution in [2.75, 3.05) is 5.01 Å². The number of hydrogen-bond donors (Lipinski definition) is 0. The molecule has 0 heterocycles. The molecule has 0 aliphatic heterocycles. The van der Waals surface area contributed by atoms with Gasteiger partial charge in [-0.1, -0.05) is 6.08 Å².